The summed E-state index contributed by atoms with van der Waals surface area (Å²) in [4.78, 5) is 2.52. The lowest BCUT2D eigenvalue weighted by Crippen LogP contribution is -2.26. The van der Waals surface area contributed by atoms with Gasteiger partial charge in [-0.05, 0) is 158 Å². The lowest BCUT2D eigenvalue weighted by Gasteiger charge is -2.32. The van der Waals surface area contributed by atoms with Crippen LogP contribution in [0.3, 0.4) is 0 Å². The van der Waals surface area contributed by atoms with Crippen LogP contribution < -0.4 is 4.90 Å². The van der Waals surface area contributed by atoms with E-state index in [4.69, 9.17) is 0 Å². The second kappa shape index (κ2) is 16.9. The van der Waals surface area contributed by atoms with Crippen molar-refractivity contribution < 1.29 is 0 Å². The molecule has 0 radical (unpaired) electrons. The summed E-state index contributed by atoms with van der Waals surface area (Å²) in [5, 5.41) is 5.02. The first-order valence-corrected chi connectivity index (χ1v) is 26.7. The number of thiophene rings is 1. The van der Waals surface area contributed by atoms with E-state index in [-0.39, 0.29) is 0 Å². The Bertz CT molecular complexity index is 4500. The Kier molecular flexibility index (Phi) is 9.76. The maximum Gasteiger partial charge on any atom is 0.0726 e. The highest BCUT2D eigenvalue weighted by Gasteiger charge is 2.53. The van der Waals surface area contributed by atoms with Crippen molar-refractivity contribution >= 4 is 76.0 Å². The van der Waals surface area contributed by atoms with Crippen LogP contribution in [0.2, 0.25) is 0 Å². The van der Waals surface area contributed by atoms with Gasteiger partial charge >= 0.3 is 0 Å². The first-order valence-electron chi connectivity index (χ1n) is 25.9. The van der Waals surface area contributed by atoms with Crippen molar-refractivity contribution in [1.82, 2.24) is 4.57 Å². The summed E-state index contributed by atoms with van der Waals surface area (Å²) < 4.78 is 4.93. The highest BCUT2D eigenvalue weighted by atomic mass is 32.1. The fraction of sp³-hybridized carbons (Fsp3) is 0.0278. The molecule has 75 heavy (non-hydrogen) atoms. The molecule has 1 atom stereocenters. The Hall–Kier alpha value is -9.28. The van der Waals surface area contributed by atoms with Gasteiger partial charge in [0, 0.05) is 53.6 Å². The lowest BCUT2D eigenvalue weighted by molar-refractivity contribution is 0.793. The van der Waals surface area contributed by atoms with Gasteiger partial charge < -0.3 is 9.47 Å². The number of fused-ring (bicyclic) bond motifs is 16. The van der Waals surface area contributed by atoms with Gasteiger partial charge in [-0.3, -0.25) is 0 Å². The van der Waals surface area contributed by atoms with E-state index in [2.05, 4.69) is 278 Å². The van der Waals surface area contributed by atoms with Crippen LogP contribution in [-0.4, -0.2) is 4.57 Å². The van der Waals surface area contributed by atoms with Gasteiger partial charge in [0.05, 0.1) is 22.1 Å². The fourth-order valence-corrected chi connectivity index (χ4v) is 14.0. The van der Waals surface area contributed by atoms with Gasteiger partial charge in [-0.15, -0.1) is 11.3 Å². The van der Waals surface area contributed by atoms with Crippen LogP contribution >= 0.6 is 11.3 Å². The number of nitrogens with zero attached hydrogens (tertiary/aromatic N) is 2. The van der Waals surface area contributed by atoms with Crippen LogP contribution in [0.1, 0.15) is 34.7 Å². The van der Waals surface area contributed by atoms with E-state index < -0.39 is 5.41 Å². The van der Waals surface area contributed by atoms with E-state index in [1.807, 2.05) is 17.4 Å². The molecule has 15 rings (SSSR count). The molecule has 2 aliphatic rings. The summed E-state index contributed by atoms with van der Waals surface area (Å²) in [6.45, 7) is 6.29. The number of hydrogen-bond donors (Lipinski definition) is 0. The molecule has 2 nitrogen and oxygen atoms in total. The third-order valence-corrected chi connectivity index (χ3v) is 17.3. The normalized spacial score (nSPS) is 14.4. The molecule has 11 aromatic carbocycles. The molecule has 0 fully saturated rings. The molecule has 0 saturated heterocycles. The summed E-state index contributed by atoms with van der Waals surface area (Å²) in [5.41, 5.74) is 24.0. The number of para-hydroxylation sites is 2. The molecule has 2 heterocycles. The summed E-state index contributed by atoms with van der Waals surface area (Å²) in [5.74, 6) is 0. The van der Waals surface area contributed by atoms with Crippen molar-refractivity contribution in [3.8, 4) is 50.2 Å². The van der Waals surface area contributed by atoms with Crippen LogP contribution in [0.25, 0.3) is 97.7 Å². The van der Waals surface area contributed by atoms with Crippen LogP contribution in [0.15, 0.2) is 267 Å². The van der Waals surface area contributed by atoms with Crippen molar-refractivity contribution in [3.05, 3.63) is 295 Å². The van der Waals surface area contributed by atoms with E-state index in [0.717, 1.165) is 17.1 Å². The Morgan fingerprint density at radius 3 is 1.75 bits per heavy atom. The second-order valence-corrected chi connectivity index (χ2v) is 21.1. The van der Waals surface area contributed by atoms with Crippen LogP contribution in [0.5, 0.6) is 0 Å². The van der Waals surface area contributed by atoms with E-state index in [1.54, 1.807) is 0 Å². The topological polar surface area (TPSA) is 8.17 Å². The van der Waals surface area contributed by atoms with Gasteiger partial charge in [0.2, 0.25) is 0 Å². The SMILES string of the molecule is C=C/C=C(\C)c1cccc2c1-c1ccccc1C21c2ccccc2-c2c(N(c3ccc(-c4ccccc4)cc3)c3ccc4sc5ccc(-c6ccc7c(c6)c6ccccc6n7-c6ccccc6)cc5c4c3)cccc21. The number of hydrogen-bond acceptors (Lipinski definition) is 2. The molecular weight excluding hydrogens is 925 g/mol. The Morgan fingerprint density at radius 1 is 0.440 bits per heavy atom. The zero-order valence-corrected chi connectivity index (χ0v) is 42.2. The molecule has 0 N–H and O–H groups in total. The number of benzene rings is 11. The summed E-state index contributed by atoms with van der Waals surface area (Å²) in [7, 11) is 0. The molecule has 3 heteroatoms. The molecule has 0 saturated carbocycles. The monoisotopic (exact) mass is 972 g/mol. The molecule has 0 bridgehead atoms. The zero-order chi connectivity index (χ0) is 49.8. The molecule has 0 aliphatic heterocycles. The van der Waals surface area contributed by atoms with Crippen molar-refractivity contribution in [2.75, 3.05) is 4.90 Å². The highest BCUT2D eigenvalue weighted by Crippen LogP contribution is 2.65. The molecule has 1 unspecified atom stereocenters. The van der Waals surface area contributed by atoms with Gasteiger partial charge in [0.15, 0.2) is 0 Å². The van der Waals surface area contributed by atoms with E-state index in [0.29, 0.717) is 0 Å². The lowest BCUT2D eigenvalue weighted by atomic mass is 9.70. The van der Waals surface area contributed by atoms with Gasteiger partial charge in [-0.25, -0.2) is 0 Å². The van der Waals surface area contributed by atoms with Crippen molar-refractivity contribution in [1.29, 1.82) is 0 Å². The number of aromatic nitrogens is 1. The third kappa shape index (κ3) is 6.38. The highest BCUT2D eigenvalue weighted by molar-refractivity contribution is 7.25. The second-order valence-electron chi connectivity index (χ2n) is 20.0. The standard InChI is InChI=1S/C72H48N2S/c1-3-18-46(2)54-26-16-29-63-70(54)56-24-10-13-27-61(56)72(63)62-28-14-11-25-57(62)71-64(72)30-17-32-67(71)73(52-37-33-48(34-38-52)47-19-6-4-7-20-47)53-39-42-69-60(45-53)59-44-50(36-41-68(59)75-69)49-35-40-66-58(43-49)55-23-12-15-31-65(55)74(66)51-21-8-5-9-22-51/h3-45H,1H2,2H3/b46-18+. The predicted octanol–water partition coefficient (Wildman–Crippen LogP) is 19.9. The smallest absolute Gasteiger partial charge is 0.0726 e. The molecule has 13 aromatic rings. The number of rotatable bonds is 8. The van der Waals surface area contributed by atoms with Crippen LogP contribution in [-0.2, 0) is 5.41 Å². The van der Waals surface area contributed by atoms with Crippen molar-refractivity contribution in [2.24, 2.45) is 0 Å². The van der Waals surface area contributed by atoms with Gasteiger partial charge in [-0.2, -0.15) is 0 Å². The Morgan fingerprint density at radius 2 is 0.987 bits per heavy atom. The third-order valence-electron chi connectivity index (χ3n) is 16.1. The molecule has 0 amide bonds. The quantitative estimate of drug-likeness (QED) is 0.138. The largest absolute Gasteiger partial charge is 0.310 e. The van der Waals surface area contributed by atoms with Gasteiger partial charge in [-0.1, -0.05) is 189 Å². The summed E-state index contributed by atoms with van der Waals surface area (Å²) in [6.07, 6.45) is 4.04. The van der Waals surface area contributed by atoms with Gasteiger partial charge in [0.1, 0.15) is 0 Å². The summed E-state index contributed by atoms with van der Waals surface area (Å²) in [6, 6.07) is 92.7. The van der Waals surface area contributed by atoms with Crippen LogP contribution in [0.4, 0.5) is 17.1 Å². The minimum Gasteiger partial charge on any atom is -0.310 e. The maximum atomic E-state index is 4.08. The average molecular weight is 973 g/mol. The van der Waals surface area contributed by atoms with Crippen molar-refractivity contribution in [3.63, 3.8) is 0 Å². The van der Waals surface area contributed by atoms with Crippen LogP contribution in [0, 0.1) is 0 Å². The van der Waals surface area contributed by atoms with Gasteiger partial charge in [0.25, 0.3) is 0 Å². The minimum absolute atomic E-state index is 0.523. The summed E-state index contributed by atoms with van der Waals surface area (Å²) >= 11 is 1.87. The van der Waals surface area contributed by atoms with E-state index >= 15 is 0 Å². The zero-order valence-electron chi connectivity index (χ0n) is 41.3. The van der Waals surface area contributed by atoms with E-state index in [9.17, 15) is 0 Å². The number of anilines is 3. The first-order chi connectivity index (χ1) is 37.1. The molecule has 2 aliphatic carbocycles. The first kappa shape index (κ1) is 43.3. The minimum atomic E-state index is -0.523. The Labute approximate surface area is 440 Å². The predicted molar refractivity (Wildman–Crippen MR) is 319 cm³/mol. The maximum absolute atomic E-state index is 4.08. The fourth-order valence-electron chi connectivity index (χ4n) is 13.0. The molecular formula is C72H48N2S. The van der Waals surface area contributed by atoms with Crippen molar-refractivity contribution in [2.45, 2.75) is 12.3 Å². The molecule has 352 valence electrons. The Balaban J connectivity index is 0.934. The average Bonchev–Trinajstić information content (AvgIpc) is 4.22. The number of allylic oxidation sites excluding steroid dienone is 3. The molecule has 2 aromatic heterocycles. The molecule has 1 spiro atoms. The van der Waals surface area contributed by atoms with E-state index in [1.165, 1.54) is 126 Å².